The Kier molecular flexibility index (Phi) is 18.3. The molecule has 0 aliphatic heterocycles. The van der Waals surface area contributed by atoms with E-state index in [4.69, 9.17) is 0 Å². The smallest absolute Gasteiger partial charge is 0.0467 e. The van der Waals surface area contributed by atoms with Crippen LogP contribution < -0.4 is 9.80 Å². The molecule has 0 spiro atoms. The first kappa shape index (κ1) is 49.5. The van der Waals surface area contributed by atoms with Gasteiger partial charge in [0.15, 0.2) is 0 Å². The SMILES string of the molecule is C=C/C(=C\CCCC/C(=C\CC)CC)N(C1=CCC=C(/C=C/c2ccc(N(C/C=C\c3cc(CC)ccc3C)c3ccc4cc(CC)ccc4c3)cc2)C=C1)c1ccc2c(c1)C=C(CC)CCC2. The lowest BCUT2D eigenvalue weighted by atomic mass is 10.0. The van der Waals surface area contributed by atoms with Crippen LogP contribution in [0, 0.1) is 6.92 Å². The number of aryl methyl sites for hydroxylation is 4. The largest absolute Gasteiger partial charge is 0.338 e. The molecule has 0 saturated heterocycles. The fourth-order valence-corrected chi connectivity index (χ4v) is 9.62. The molecule has 0 bridgehead atoms. The summed E-state index contributed by atoms with van der Waals surface area (Å²) in [7, 11) is 0. The molecule has 0 atom stereocenters. The number of rotatable bonds is 21. The molecule has 350 valence electrons. The van der Waals surface area contributed by atoms with E-state index in [1.807, 2.05) is 0 Å². The van der Waals surface area contributed by atoms with Crippen molar-refractivity contribution in [1.82, 2.24) is 0 Å². The van der Waals surface area contributed by atoms with Gasteiger partial charge in [0.25, 0.3) is 0 Å². The molecule has 2 nitrogen and oxygen atoms in total. The van der Waals surface area contributed by atoms with Crippen molar-refractivity contribution in [2.75, 3.05) is 16.3 Å². The van der Waals surface area contributed by atoms with E-state index in [0.29, 0.717) is 0 Å². The molecule has 0 fully saturated rings. The fraction of sp³-hybridized carbons (Fsp3) is 0.303. The molecule has 2 aliphatic rings. The summed E-state index contributed by atoms with van der Waals surface area (Å²) < 4.78 is 0. The van der Waals surface area contributed by atoms with Gasteiger partial charge in [-0.2, -0.15) is 0 Å². The van der Waals surface area contributed by atoms with Gasteiger partial charge in [-0.25, -0.2) is 0 Å². The Balaban J connectivity index is 1.11. The third-order valence-corrected chi connectivity index (χ3v) is 13.9. The van der Waals surface area contributed by atoms with Gasteiger partial charge in [-0.05, 0) is 194 Å². The molecule has 0 saturated carbocycles. The maximum Gasteiger partial charge on any atom is 0.0467 e. The second kappa shape index (κ2) is 25.1. The van der Waals surface area contributed by atoms with E-state index >= 15 is 0 Å². The molecular formula is C66H76N2. The minimum atomic E-state index is 0.759. The van der Waals surface area contributed by atoms with Crippen molar-refractivity contribution in [3.8, 4) is 0 Å². The minimum Gasteiger partial charge on any atom is -0.338 e. The van der Waals surface area contributed by atoms with Crippen LogP contribution in [-0.2, 0) is 19.3 Å². The lowest BCUT2D eigenvalue weighted by Crippen LogP contribution is -2.20. The molecule has 5 aromatic rings. The molecular weight excluding hydrogens is 821 g/mol. The summed E-state index contributed by atoms with van der Waals surface area (Å²) in [6.07, 6.45) is 42.1. The van der Waals surface area contributed by atoms with Crippen LogP contribution in [0.5, 0.6) is 0 Å². The van der Waals surface area contributed by atoms with Gasteiger partial charge in [-0.3, -0.25) is 0 Å². The number of nitrogens with zero attached hydrogens (tertiary/aromatic N) is 2. The number of anilines is 3. The first-order chi connectivity index (χ1) is 33.3. The summed E-state index contributed by atoms with van der Waals surface area (Å²) in [5, 5.41) is 2.55. The van der Waals surface area contributed by atoms with E-state index in [9.17, 15) is 0 Å². The van der Waals surface area contributed by atoms with Gasteiger partial charge >= 0.3 is 0 Å². The van der Waals surface area contributed by atoms with Gasteiger partial charge in [0.2, 0.25) is 0 Å². The zero-order chi connectivity index (χ0) is 47.7. The quantitative estimate of drug-likeness (QED) is 0.0411. The van der Waals surface area contributed by atoms with Crippen molar-refractivity contribution in [2.24, 2.45) is 0 Å². The number of hydrogen-bond donors (Lipinski definition) is 0. The van der Waals surface area contributed by atoms with Crippen LogP contribution in [0.2, 0.25) is 0 Å². The van der Waals surface area contributed by atoms with Gasteiger partial charge in [0.1, 0.15) is 0 Å². The Hall–Kier alpha value is -6.38. The van der Waals surface area contributed by atoms with Gasteiger partial charge in [0.05, 0.1) is 0 Å². The Morgan fingerprint density at radius 3 is 2.22 bits per heavy atom. The zero-order valence-corrected chi connectivity index (χ0v) is 42.2. The summed E-state index contributed by atoms with van der Waals surface area (Å²) in [6.45, 7) is 18.6. The summed E-state index contributed by atoms with van der Waals surface area (Å²) >= 11 is 0. The molecule has 0 heterocycles. The highest BCUT2D eigenvalue weighted by molar-refractivity contribution is 5.88. The highest BCUT2D eigenvalue weighted by atomic mass is 15.2. The van der Waals surface area contributed by atoms with Crippen LogP contribution in [-0.4, -0.2) is 6.54 Å². The molecule has 2 aliphatic carbocycles. The van der Waals surface area contributed by atoms with E-state index in [-0.39, 0.29) is 0 Å². The molecule has 68 heavy (non-hydrogen) atoms. The zero-order valence-electron chi connectivity index (χ0n) is 42.2. The molecule has 0 aromatic heterocycles. The van der Waals surface area contributed by atoms with Crippen LogP contribution >= 0.6 is 0 Å². The van der Waals surface area contributed by atoms with Crippen molar-refractivity contribution in [3.05, 3.63) is 225 Å². The van der Waals surface area contributed by atoms with Crippen molar-refractivity contribution in [3.63, 3.8) is 0 Å². The van der Waals surface area contributed by atoms with Crippen molar-refractivity contribution in [2.45, 2.75) is 125 Å². The maximum absolute atomic E-state index is 4.37. The summed E-state index contributed by atoms with van der Waals surface area (Å²) in [5.74, 6) is 0. The van der Waals surface area contributed by atoms with Crippen LogP contribution in [0.25, 0.3) is 29.0 Å². The number of hydrogen-bond acceptors (Lipinski definition) is 2. The average Bonchev–Trinajstić information content (AvgIpc) is 3.74. The van der Waals surface area contributed by atoms with E-state index < -0.39 is 0 Å². The topological polar surface area (TPSA) is 6.48 Å². The molecule has 0 amide bonds. The lowest BCUT2D eigenvalue weighted by molar-refractivity contribution is 0.723. The monoisotopic (exact) mass is 897 g/mol. The second-order valence-electron chi connectivity index (χ2n) is 18.5. The van der Waals surface area contributed by atoms with Crippen LogP contribution in [0.1, 0.15) is 138 Å². The first-order valence-corrected chi connectivity index (χ1v) is 25.9. The maximum atomic E-state index is 4.37. The average molecular weight is 897 g/mol. The predicted octanol–water partition coefficient (Wildman–Crippen LogP) is 18.9. The third-order valence-electron chi connectivity index (χ3n) is 13.9. The van der Waals surface area contributed by atoms with Crippen molar-refractivity contribution >= 4 is 46.1 Å². The number of unbranched alkanes of at least 4 members (excludes halogenated alkanes) is 2. The molecule has 7 rings (SSSR count). The number of allylic oxidation sites excluding steroid dienone is 11. The Morgan fingerprint density at radius 2 is 1.44 bits per heavy atom. The highest BCUT2D eigenvalue weighted by Gasteiger charge is 2.18. The predicted molar refractivity (Wildman–Crippen MR) is 301 cm³/mol. The van der Waals surface area contributed by atoms with Gasteiger partial charge in [-0.15, -0.1) is 0 Å². The van der Waals surface area contributed by atoms with Crippen LogP contribution in [0.15, 0.2) is 186 Å². The summed E-state index contributed by atoms with van der Waals surface area (Å²) in [4.78, 5) is 4.86. The first-order valence-electron chi connectivity index (χ1n) is 25.9. The molecule has 0 N–H and O–H groups in total. The molecule has 0 unspecified atom stereocenters. The Morgan fingerprint density at radius 1 is 0.676 bits per heavy atom. The molecule has 0 radical (unpaired) electrons. The normalized spacial score (nSPS) is 14.4. The van der Waals surface area contributed by atoms with E-state index in [1.165, 1.54) is 104 Å². The lowest BCUT2D eigenvalue weighted by Gasteiger charge is -2.28. The van der Waals surface area contributed by atoms with Crippen molar-refractivity contribution in [1.29, 1.82) is 0 Å². The Bertz CT molecular complexity index is 2760. The van der Waals surface area contributed by atoms with E-state index in [0.717, 1.165) is 70.0 Å². The number of fused-ring (bicyclic) bond motifs is 2. The molecule has 5 aromatic carbocycles. The third kappa shape index (κ3) is 13.2. The standard InChI is InChI=1S/C66H76N2/c1-8-20-51(9-2)21-15-14-16-26-62(13-6)68(66-43-37-57-24-17-22-52(10-3)47-61(57)49-66)64-27-18-23-55(35-41-64)30-31-56-33-39-63(40-34-56)67(44-19-25-58-45-53(11-4)29-28-50(58)7)65-42-38-59-46-54(12-5)32-36-60(59)48-65/h13,19-20,23,25-43,45-49H,6,8-12,14-18,21-22,24,44H2,1-5,7H3/b25-19-,31-30+,51-20-,62-26+. The highest BCUT2D eigenvalue weighted by Crippen LogP contribution is 2.35. The second-order valence-corrected chi connectivity index (χ2v) is 18.5. The minimum absolute atomic E-state index is 0.759. The summed E-state index contributed by atoms with van der Waals surface area (Å²) in [5.41, 5.74) is 19.5. The van der Waals surface area contributed by atoms with Gasteiger partial charge in [-0.1, -0.05) is 174 Å². The van der Waals surface area contributed by atoms with Gasteiger partial charge in [0, 0.05) is 35.0 Å². The van der Waals surface area contributed by atoms with Gasteiger partial charge < -0.3 is 9.80 Å². The van der Waals surface area contributed by atoms with Crippen LogP contribution in [0.3, 0.4) is 0 Å². The summed E-state index contributed by atoms with van der Waals surface area (Å²) in [6, 6.07) is 36.7. The number of benzene rings is 5. The van der Waals surface area contributed by atoms with E-state index in [1.54, 1.807) is 11.1 Å². The van der Waals surface area contributed by atoms with Crippen molar-refractivity contribution < 1.29 is 0 Å². The fourth-order valence-electron chi connectivity index (χ4n) is 9.62. The molecule has 2 heteroatoms. The Labute approximate surface area is 410 Å². The van der Waals surface area contributed by atoms with E-state index in [2.05, 4.69) is 228 Å². The van der Waals surface area contributed by atoms with Crippen LogP contribution in [0.4, 0.5) is 17.1 Å².